The minimum Gasteiger partial charge on any atom is -0.367 e. The maximum Gasteiger partial charge on any atom is 0.296 e. The van der Waals surface area contributed by atoms with Gasteiger partial charge in [-0.3, -0.25) is 9.59 Å². The van der Waals surface area contributed by atoms with E-state index in [1.807, 2.05) is 6.07 Å². The number of hydrogen-bond acceptors (Lipinski definition) is 3. The van der Waals surface area contributed by atoms with Gasteiger partial charge in [-0.05, 0) is 53.2 Å². The number of carbonyl (C=O) groups excluding carboxylic acids is 2. The molecule has 0 spiro atoms. The van der Waals surface area contributed by atoms with E-state index in [1.165, 1.54) is 6.42 Å². The number of anilines is 2. The maximum atomic E-state index is 11.8. The molecule has 3 rings (SSSR count). The van der Waals surface area contributed by atoms with Crippen molar-refractivity contribution in [3.05, 3.63) is 22.2 Å². The van der Waals surface area contributed by atoms with Gasteiger partial charge >= 0.3 is 0 Å². The predicted molar refractivity (Wildman–Crippen MR) is 86.9 cm³/mol. The Balaban J connectivity index is 2.02. The largest absolute Gasteiger partial charge is 0.367 e. The molecule has 1 amide bonds. The molecule has 5 heteroatoms. The second-order valence-electron chi connectivity index (χ2n) is 6.34. The zero-order valence-electron chi connectivity index (χ0n) is 12.4. The van der Waals surface area contributed by atoms with Crippen LogP contribution in [0.3, 0.4) is 0 Å². The van der Waals surface area contributed by atoms with Crippen molar-refractivity contribution in [1.29, 1.82) is 0 Å². The second kappa shape index (κ2) is 5.13. The number of benzene rings is 1. The first kappa shape index (κ1) is 14.6. The van der Waals surface area contributed by atoms with E-state index in [2.05, 4.69) is 46.9 Å². The smallest absolute Gasteiger partial charge is 0.296 e. The van der Waals surface area contributed by atoms with Crippen LogP contribution >= 0.6 is 15.9 Å². The SMILES string of the molecule is CC1CC(C)C(C)N(c2cc3c(cc2Br)C(=O)C(=O)N3)C1. The summed E-state index contributed by atoms with van der Waals surface area (Å²) < 4.78 is 0.874. The first-order valence-electron chi connectivity index (χ1n) is 7.34. The third kappa shape index (κ3) is 2.37. The molecule has 1 N–H and O–H groups in total. The highest BCUT2D eigenvalue weighted by molar-refractivity contribution is 9.10. The van der Waals surface area contributed by atoms with E-state index in [0.29, 0.717) is 29.1 Å². The number of nitrogens with zero attached hydrogens (tertiary/aromatic N) is 1. The molecule has 0 bridgehead atoms. The fraction of sp³-hybridized carbons (Fsp3) is 0.500. The minimum absolute atomic E-state index is 0.434. The lowest BCUT2D eigenvalue weighted by Gasteiger charge is -2.43. The molecule has 2 aliphatic heterocycles. The van der Waals surface area contributed by atoms with E-state index in [1.54, 1.807) is 6.07 Å². The van der Waals surface area contributed by atoms with E-state index in [4.69, 9.17) is 0 Å². The van der Waals surface area contributed by atoms with Crippen molar-refractivity contribution in [1.82, 2.24) is 0 Å². The fourth-order valence-electron chi connectivity index (χ4n) is 3.41. The summed E-state index contributed by atoms with van der Waals surface area (Å²) in [6, 6.07) is 4.12. The molecule has 112 valence electrons. The average molecular weight is 351 g/mol. The molecule has 1 aromatic carbocycles. The number of fused-ring (bicyclic) bond motifs is 1. The molecule has 4 nitrogen and oxygen atoms in total. The molecule has 0 aromatic heterocycles. The number of Topliss-reactive ketones (excluding diaryl/α,β-unsaturated/α-hetero) is 1. The maximum absolute atomic E-state index is 11.8. The van der Waals surface area contributed by atoms with Gasteiger partial charge in [0.15, 0.2) is 0 Å². The van der Waals surface area contributed by atoms with E-state index < -0.39 is 11.7 Å². The summed E-state index contributed by atoms with van der Waals surface area (Å²) in [5.74, 6) is 0.255. The molecule has 1 fully saturated rings. The molecule has 21 heavy (non-hydrogen) atoms. The Bertz CT molecular complexity index is 629. The van der Waals surface area contributed by atoms with Crippen molar-refractivity contribution >= 4 is 39.0 Å². The lowest BCUT2D eigenvalue weighted by Crippen LogP contribution is -2.46. The van der Waals surface area contributed by atoms with Crippen LogP contribution in [0.15, 0.2) is 16.6 Å². The number of carbonyl (C=O) groups is 2. The van der Waals surface area contributed by atoms with Gasteiger partial charge in [0, 0.05) is 17.1 Å². The normalized spacial score (nSPS) is 28.6. The third-order valence-electron chi connectivity index (χ3n) is 4.69. The zero-order chi connectivity index (χ0) is 15.3. The summed E-state index contributed by atoms with van der Waals surface area (Å²) in [5, 5.41) is 2.66. The highest BCUT2D eigenvalue weighted by atomic mass is 79.9. The number of amides is 1. The van der Waals surface area contributed by atoms with Gasteiger partial charge in [-0.2, -0.15) is 0 Å². The zero-order valence-corrected chi connectivity index (χ0v) is 14.0. The van der Waals surface area contributed by atoms with Gasteiger partial charge in [0.25, 0.3) is 11.7 Å². The van der Waals surface area contributed by atoms with Gasteiger partial charge in [0.2, 0.25) is 0 Å². The first-order chi connectivity index (χ1) is 9.88. The van der Waals surface area contributed by atoms with Crippen molar-refractivity contribution in [2.75, 3.05) is 16.8 Å². The van der Waals surface area contributed by atoms with Gasteiger partial charge in [-0.1, -0.05) is 13.8 Å². The van der Waals surface area contributed by atoms with Crippen LogP contribution in [0.1, 0.15) is 37.6 Å². The highest BCUT2D eigenvalue weighted by Crippen LogP contribution is 2.39. The molecule has 3 unspecified atom stereocenters. The average Bonchev–Trinajstić information content (AvgIpc) is 2.69. The minimum atomic E-state index is -0.539. The summed E-state index contributed by atoms with van der Waals surface area (Å²) in [4.78, 5) is 25.6. The van der Waals surface area contributed by atoms with Gasteiger partial charge in [0.1, 0.15) is 0 Å². The lowest BCUT2D eigenvalue weighted by atomic mass is 9.85. The predicted octanol–water partition coefficient (Wildman–Crippen LogP) is 3.45. The van der Waals surface area contributed by atoms with Crippen molar-refractivity contribution in [2.24, 2.45) is 11.8 Å². The number of rotatable bonds is 1. The van der Waals surface area contributed by atoms with E-state index in [-0.39, 0.29) is 0 Å². The second-order valence-corrected chi connectivity index (χ2v) is 7.20. The molecule has 0 aliphatic carbocycles. The number of hydrogen-bond donors (Lipinski definition) is 1. The van der Waals surface area contributed by atoms with Crippen LogP contribution in [-0.2, 0) is 4.79 Å². The summed E-state index contributed by atoms with van der Waals surface area (Å²) in [5.41, 5.74) is 2.14. The number of ketones is 1. The van der Waals surface area contributed by atoms with Crippen LogP contribution in [0, 0.1) is 11.8 Å². The van der Waals surface area contributed by atoms with Crippen molar-refractivity contribution in [2.45, 2.75) is 33.2 Å². The van der Waals surface area contributed by atoms with Crippen molar-refractivity contribution in [3.8, 4) is 0 Å². The summed E-state index contributed by atoms with van der Waals surface area (Å²) in [6.45, 7) is 7.77. The summed E-state index contributed by atoms with van der Waals surface area (Å²) in [6.07, 6.45) is 1.23. The molecule has 3 atom stereocenters. The molecular formula is C16H19BrN2O2. The number of nitrogens with one attached hydrogen (secondary N) is 1. The topological polar surface area (TPSA) is 49.4 Å². The van der Waals surface area contributed by atoms with Gasteiger partial charge in [-0.15, -0.1) is 0 Å². The van der Waals surface area contributed by atoms with Crippen LogP contribution < -0.4 is 10.2 Å². The molecule has 2 aliphatic rings. The number of piperidine rings is 1. The van der Waals surface area contributed by atoms with E-state index in [0.717, 1.165) is 16.7 Å². The summed E-state index contributed by atoms with van der Waals surface area (Å²) in [7, 11) is 0. The monoisotopic (exact) mass is 350 g/mol. The van der Waals surface area contributed by atoms with Gasteiger partial charge < -0.3 is 10.2 Å². The lowest BCUT2D eigenvalue weighted by molar-refractivity contribution is -0.112. The summed E-state index contributed by atoms with van der Waals surface area (Å²) >= 11 is 3.57. The van der Waals surface area contributed by atoms with Crippen LogP contribution in [-0.4, -0.2) is 24.3 Å². The van der Waals surface area contributed by atoms with Crippen LogP contribution in [0.4, 0.5) is 11.4 Å². The molecule has 1 aromatic rings. The van der Waals surface area contributed by atoms with E-state index >= 15 is 0 Å². The van der Waals surface area contributed by atoms with Gasteiger partial charge in [0.05, 0.1) is 16.9 Å². The third-order valence-corrected chi connectivity index (χ3v) is 5.33. The molecular weight excluding hydrogens is 332 g/mol. The Hall–Kier alpha value is -1.36. The van der Waals surface area contributed by atoms with Crippen LogP contribution in [0.2, 0.25) is 0 Å². The Kier molecular flexibility index (Phi) is 3.56. The highest BCUT2D eigenvalue weighted by Gasteiger charge is 2.33. The van der Waals surface area contributed by atoms with Crippen LogP contribution in [0.5, 0.6) is 0 Å². The first-order valence-corrected chi connectivity index (χ1v) is 8.13. The molecule has 2 heterocycles. The van der Waals surface area contributed by atoms with Gasteiger partial charge in [-0.25, -0.2) is 0 Å². The van der Waals surface area contributed by atoms with Crippen molar-refractivity contribution < 1.29 is 9.59 Å². The Morgan fingerprint density at radius 1 is 1.24 bits per heavy atom. The fourth-order valence-corrected chi connectivity index (χ4v) is 3.98. The molecule has 1 saturated heterocycles. The number of halogens is 1. The Labute approximate surface area is 133 Å². The standard InChI is InChI=1S/C16H19BrN2O2/c1-8-4-9(2)10(3)19(7-8)14-6-13-11(5-12(14)17)15(20)16(21)18-13/h5-6,8-10H,4,7H2,1-3H3,(H,18,20,21). The van der Waals surface area contributed by atoms with E-state index in [9.17, 15) is 9.59 Å². The Morgan fingerprint density at radius 3 is 2.67 bits per heavy atom. The molecule has 0 saturated carbocycles. The quantitative estimate of drug-likeness (QED) is 0.789. The van der Waals surface area contributed by atoms with Crippen LogP contribution in [0.25, 0.3) is 0 Å². The molecule has 0 radical (unpaired) electrons. The Morgan fingerprint density at radius 2 is 1.95 bits per heavy atom. The van der Waals surface area contributed by atoms with Crippen molar-refractivity contribution in [3.63, 3.8) is 0 Å².